The summed E-state index contributed by atoms with van der Waals surface area (Å²) >= 11 is 0. The molecule has 1 aromatic heterocycles. The van der Waals surface area contributed by atoms with Crippen LogP contribution in [0, 0.1) is 12.8 Å². The quantitative estimate of drug-likeness (QED) is 0.827. The first-order chi connectivity index (χ1) is 13.5. The summed E-state index contributed by atoms with van der Waals surface area (Å²) < 4.78 is 0. The lowest BCUT2D eigenvalue weighted by atomic mass is 9.94. The molecule has 4 heterocycles. The van der Waals surface area contributed by atoms with Gasteiger partial charge in [0.25, 0.3) is 5.56 Å². The van der Waals surface area contributed by atoms with Crippen molar-refractivity contribution in [2.75, 3.05) is 19.6 Å². The zero-order chi connectivity index (χ0) is 19.7. The van der Waals surface area contributed by atoms with Gasteiger partial charge in [0.1, 0.15) is 0 Å². The van der Waals surface area contributed by atoms with Crippen LogP contribution in [0.2, 0.25) is 0 Å². The molecular weight excluding hydrogens is 356 g/mol. The molecule has 7 nitrogen and oxygen atoms in total. The van der Waals surface area contributed by atoms with Crippen molar-refractivity contribution in [3.8, 4) is 0 Å². The van der Waals surface area contributed by atoms with Crippen LogP contribution in [0.3, 0.4) is 0 Å². The number of nitrogens with zero attached hydrogens (tertiary/aromatic N) is 2. The third-order valence-corrected chi connectivity index (χ3v) is 5.94. The molecule has 3 saturated heterocycles. The van der Waals surface area contributed by atoms with Gasteiger partial charge in [-0.2, -0.15) is 0 Å². The predicted molar refractivity (Wildman–Crippen MR) is 106 cm³/mol. The van der Waals surface area contributed by atoms with E-state index in [0.29, 0.717) is 17.2 Å². The molecule has 5 rings (SSSR count). The van der Waals surface area contributed by atoms with Gasteiger partial charge >= 0.3 is 5.69 Å². The fraction of sp³-hybridized carbons (Fsp3) is 0.476. The lowest BCUT2D eigenvalue weighted by molar-refractivity contribution is -0.134. The van der Waals surface area contributed by atoms with Crippen LogP contribution < -0.4 is 11.2 Å². The van der Waals surface area contributed by atoms with Crippen LogP contribution in [0.4, 0.5) is 0 Å². The smallest absolute Gasteiger partial charge is 0.325 e. The normalized spacial score (nSPS) is 22.2. The number of carbonyl (C=O) groups is 1. The molecule has 7 heteroatoms. The van der Waals surface area contributed by atoms with E-state index in [1.54, 1.807) is 6.92 Å². The highest BCUT2D eigenvalue weighted by molar-refractivity contribution is 5.79. The van der Waals surface area contributed by atoms with Crippen molar-refractivity contribution in [1.29, 1.82) is 0 Å². The Morgan fingerprint density at radius 3 is 2.61 bits per heavy atom. The van der Waals surface area contributed by atoms with E-state index < -0.39 is 11.2 Å². The maximum atomic E-state index is 13.0. The Hall–Kier alpha value is -2.67. The molecule has 28 heavy (non-hydrogen) atoms. The van der Waals surface area contributed by atoms with Crippen LogP contribution >= 0.6 is 0 Å². The van der Waals surface area contributed by atoms with Crippen molar-refractivity contribution < 1.29 is 4.79 Å². The third kappa shape index (κ3) is 3.94. The Morgan fingerprint density at radius 1 is 1.07 bits per heavy atom. The van der Waals surface area contributed by atoms with Gasteiger partial charge in [-0.25, -0.2) is 4.79 Å². The average molecular weight is 382 g/mol. The molecule has 2 N–H and O–H groups in total. The second-order valence-electron chi connectivity index (χ2n) is 8.01. The van der Waals surface area contributed by atoms with Gasteiger partial charge < -0.3 is 9.88 Å². The molecule has 1 aromatic carbocycles. The number of fused-ring (bicyclic) bond motifs is 4. The largest absolute Gasteiger partial charge is 0.338 e. The van der Waals surface area contributed by atoms with Gasteiger partial charge in [0.15, 0.2) is 0 Å². The van der Waals surface area contributed by atoms with E-state index in [1.165, 1.54) is 5.56 Å². The van der Waals surface area contributed by atoms with Gasteiger partial charge in [-0.05, 0) is 31.2 Å². The van der Waals surface area contributed by atoms with Crippen LogP contribution in [0.5, 0.6) is 0 Å². The molecule has 2 aromatic rings. The van der Waals surface area contributed by atoms with Crippen molar-refractivity contribution in [3.63, 3.8) is 0 Å². The molecule has 3 fully saturated rings. The summed E-state index contributed by atoms with van der Waals surface area (Å²) in [5.41, 5.74) is 1.10. The Morgan fingerprint density at radius 2 is 1.86 bits per heavy atom. The van der Waals surface area contributed by atoms with E-state index in [4.69, 9.17) is 0 Å². The second kappa shape index (κ2) is 7.75. The summed E-state index contributed by atoms with van der Waals surface area (Å²) in [6.45, 7) is 5.16. The van der Waals surface area contributed by atoms with Gasteiger partial charge in [-0.15, -0.1) is 0 Å². The first kappa shape index (κ1) is 18.7. The van der Waals surface area contributed by atoms with Crippen LogP contribution in [0.15, 0.2) is 39.9 Å². The highest BCUT2D eigenvalue weighted by atomic mass is 16.2. The SMILES string of the molecule is Cc1[nH]c(=O)[nH]c(=O)c1CC(=O)N1C[C@H]2CC[C@@H]1CN(Cc1ccccc1)C2. The highest BCUT2D eigenvalue weighted by Crippen LogP contribution is 2.29. The fourth-order valence-corrected chi connectivity index (χ4v) is 4.55. The third-order valence-electron chi connectivity index (χ3n) is 5.94. The number of aromatic nitrogens is 2. The number of hydrogen-bond donors (Lipinski definition) is 2. The van der Waals surface area contributed by atoms with Crippen LogP contribution in [0.25, 0.3) is 0 Å². The second-order valence-corrected chi connectivity index (χ2v) is 8.01. The lowest BCUT2D eigenvalue weighted by Gasteiger charge is -2.36. The molecule has 2 atom stereocenters. The minimum atomic E-state index is -0.538. The summed E-state index contributed by atoms with van der Waals surface area (Å²) in [6, 6.07) is 10.6. The highest BCUT2D eigenvalue weighted by Gasteiger charge is 2.37. The van der Waals surface area contributed by atoms with Crippen LogP contribution in [0.1, 0.15) is 29.7 Å². The Bertz CT molecular complexity index is 966. The Labute approximate surface area is 163 Å². The summed E-state index contributed by atoms with van der Waals surface area (Å²) in [7, 11) is 0. The number of aryl methyl sites for hydroxylation is 1. The maximum absolute atomic E-state index is 13.0. The number of aromatic amines is 2. The fourth-order valence-electron chi connectivity index (χ4n) is 4.55. The number of hydrogen-bond acceptors (Lipinski definition) is 4. The molecule has 2 bridgehead atoms. The van der Waals surface area contributed by atoms with E-state index in [1.807, 2.05) is 11.0 Å². The zero-order valence-electron chi connectivity index (χ0n) is 16.1. The van der Waals surface area contributed by atoms with Gasteiger partial charge in [-0.3, -0.25) is 19.5 Å². The molecule has 3 aliphatic heterocycles. The topological polar surface area (TPSA) is 89.3 Å². The van der Waals surface area contributed by atoms with Gasteiger partial charge in [0.05, 0.1) is 6.42 Å². The van der Waals surface area contributed by atoms with Crippen molar-refractivity contribution in [2.24, 2.45) is 5.92 Å². The summed E-state index contributed by atoms with van der Waals surface area (Å²) in [4.78, 5) is 45.7. The van der Waals surface area contributed by atoms with Crippen LogP contribution in [-0.2, 0) is 17.8 Å². The van der Waals surface area contributed by atoms with Crippen molar-refractivity contribution in [2.45, 2.75) is 38.8 Å². The number of rotatable bonds is 4. The summed E-state index contributed by atoms with van der Waals surface area (Å²) in [5.74, 6) is 0.429. The van der Waals surface area contributed by atoms with Gasteiger partial charge in [0, 0.05) is 43.5 Å². The Balaban J connectivity index is 1.48. The van der Waals surface area contributed by atoms with Crippen molar-refractivity contribution >= 4 is 5.91 Å². The molecule has 3 aliphatic rings. The number of benzene rings is 1. The maximum Gasteiger partial charge on any atom is 0.325 e. The average Bonchev–Trinajstić information content (AvgIpc) is 2.96. The standard InChI is InChI=1S/C21H26N4O3/c1-14-18(20(27)23-21(28)22-14)9-19(26)25-12-16-7-8-17(25)13-24(11-16)10-15-5-3-2-4-6-15/h2-6,16-17H,7-13H2,1H3,(H2,22,23,27,28)/t16-,17+/m0/s1. The molecule has 0 spiro atoms. The number of H-pyrrole nitrogens is 2. The summed E-state index contributed by atoms with van der Waals surface area (Å²) in [5, 5.41) is 0. The van der Waals surface area contributed by atoms with E-state index >= 15 is 0 Å². The molecule has 0 aliphatic carbocycles. The minimum Gasteiger partial charge on any atom is -0.338 e. The van der Waals surface area contributed by atoms with E-state index in [2.05, 4.69) is 39.1 Å². The number of piperidine rings is 1. The molecular formula is C21H26N4O3. The minimum absolute atomic E-state index is 0.0276. The number of carbonyl (C=O) groups excluding carboxylic acids is 1. The number of amides is 1. The predicted octanol–water partition coefficient (Wildman–Crippen LogP) is 1.04. The van der Waals surface area contributed by atoms with E-state index in [0.717, 1.165) is 39.0 Å². The first-order valence-corrected chi connectivity index (χ1v) is 9.87. The summed E-state index contributed by atoms with van der Waals surface area (Å²) in [6.07, 6.45) is 2.17. The molecule has 0 radical (unpaired) electrons. The van der Waals surface area contributed by atoms with Crippen molar-refractivity contribution in [3.05, 3.63) is 68.0 Å². The molecule has 0 saturated carbocycles. The molecule has 0 unspecified atom stereocenters. The number of nitrogens with one attached hydrogen (secondary N) is 2. The monoisotopic (exact) mass is 382 g/mol. The van der Waals surface area contributed by atoms with E-state index in [9.17, 15) is 14.4 Å². The van der Waals surface area contributed by atoms with Gasteiger partial charge in [0.2, 0.25) is 5.91 Å². The molecule has 1 amide bonds. The van der Waals surface area contributed by atoms with Gasteiger partial charge in [-0.1, -0.05) is 30.3 Å². The Kier molecular flexibility index (Phi) is 5.17. The first-order valence-electron chi connectivity index (χ1n) is 9.87. The zero-order valence-corrected chi connectivity index (χ0v) is 16.1. The molecule has 148 valence electrons. The van der Waals surface area contributed by atoms with Crippen molar-refractivity contribution in [1.82, 2.24) is 19.8 Å². The van der Waals surface area contributed by atoms with E-state index in [-0.39, 0.29) is 18.4 Å². The van der Waals surface area contributed by atoms with Crippen LogP contribution in [-0.4, -0.2) is 51.4 Å². The lowest BCUT2D eigenvalue weighted by Crippen LogP contribution is -2.48.